The van der Waals surface area contributed by atoms with Crippen LogP contribution in [-0.4, -0.2) is 29.4 Å². The van der Waals surface area contributed by atoms with Gasteiger partial charge in [-0.1, -0.05) is 23.4 Å². The van der Waals surface area contributed by atoms with Crippen molar-refractivity contribution in [2.45, 2.75) is 10.9 Å². The lowest BCUT2D eigenvalue weighted by molar-refractivity contribution is 0.623. The molecule has 4 aromatic rings. The van der Waals surface area contributed by atoms with Crippen molar-refractivity contribution in [3.63, 3.8) is 0 Å². The number of hydrogen-bond acceptors (Lipinski definition) is 7. The average molecular weight is 411 g/mol. The van der Waals surface area contributed by atoms with E-state index in [1.54, 1.807) is 6.07 Å². The summed E-state index contributed by atoms with van der Waals surface area (Å²) in [5, 5.41) is 8.21. The number of rotatable bonds is 4. The van der Waals surface area contributed by atoms with Crippen LogP contribution in [0.15, 0.2) is 45.5 Å². The van der Waals surface area contributed by atoms with Crippen LogP contribution in [0.4, 0.5) is 4.39 Å². The molecule has 132 valence electrons. The molecule has 0 amide bonds. The van der Waals surface area contributed by atoms with Gasteiger partial charge in [0.25, 0.3) is 11.1 Å². The van der Waals surface area contributed by atoms with Crippen LogP contribution in [0.3, 0.4) is 0 Å². The maximum atomic E-state index is 13.9. The standard InChI is InChI=1S/C14H8ClFN6O2S2/c15-9-2-1-7(26-9)6-25-14-20-22-12(8(16)3-19-22)13(24)21(14)10-4-18-11(23)5-17-10/h1-5H,6H2,(H,18,23). The van der Waals surface area contributed by atoms with Crippen LogP contribution >= 0.6 is 34.7 Å². The van der Waals surface area contributed by atoms with E-state index in [4.69, 9.17) is 11.6 Å². The van der Waals surface area contributed by atoms with E-state index in [1.807, 2.05) is 6.07 Å². The number of nitrogens with one attached hydrogen (secondary N) is 1. The second kappa shape index (κ2) is 6.67. The van der Waals surface area contributed by atoms with Crippen molar-refractivity contribution in [3.8, 4) is 5.82 Å². The first-order valence-electron chi connectivity index (χ1n) is 7.11. The molecule has 4 aromatic heterocycles. The zero-order chi connectivity index (χ0) is 18.3. The van der Waals surface area contributed by atoms with Crippen molar-refractivity contribution in [3.05, 3.63) is 66.5 Å². The van der Waals surface area contributed by atoms with Crippen molar-refractivity contribution in [1.82, 2.24) is 29.4 Å². The predicted molar refractivity (Wildman–Crippen MR) is 95.8 cm³/mol. The molecule has 12 heteroatoms. The second-order valence-corrected chi connectivity index (χ2v) is 7.76. The molecule has 0 saturated heterocycles. The number of nitrogens with zero attached hydrogens (tertiary/aromatic N) is 5. The van der Waals surface area contributed by atoms with Gasteiger partial charge < -0.3 is 4.98 Å². The van der Waals surface area contributed by atoms with Gasteiger partial charge in [-0.2, -0.15) is 5.10 Å². The van der Waals surface area contributed by atoms with Crippen LogP contribution in [0.25, 0.3) is 11.3 Å². The molecule has 0 aromatic carbocycles. The molecule has 8 nitrogen and oxygen atoms in total. The van der Waals surface area contributed by atoms with Crippen molar-refractivity contribution in [2.75, 3.05) is 0 Å². The Morgan fingerprint density at radius 1 is 1.31 bits per heavy atom. The average Bonchev–Trinajstić information content (AvgIpc) is 3.20. The molecule has 1 N–H and O–H groups in total. The molecule has 0 radical (unpaired) electrons. The van der Waals surface area contributed by atoms with E-state index in [9.17, 15) is 14.0 Å². The number of hydrogen-bond donors (Lipinski definition) is 1. The minimum atomic E-state index is -0.790. The number of thioether (sulfide) groups is 1. The van der Waals surface area contributed by atoms with E-state index in [1.165, 1.54) is 29.3 Å². The normalized spacial score (nSPS) is 11.3. The highest BCUT2D eigenvalue weighted by molar-refractivity contribution is 7.98. The highest BCUT2D eigenvalue weighted by Gasteiger charge is 2.19. The summed E-state index contributed by atoms with van der Waals surface area (Å²) in [4.78, 5) is 31.4. The van der Waals surface area contributed by atoms with Crippen LogP contribution in [0.5, 0.6) is 0 Å². The summed E-state index contributed by atoms with van der Waals surface area (Å²) in [6.07, 6.45) is 3.22. The van der Waals surface area contributed by atoms with Crippen LogP contribution in [0.2, 0.25) is 4.34 Å². The number of H-pyrrole nitrogens is 1. The molecular weight excluding hydrogens is 403 g/mol. The molecule has 0 spiro atoms. The van der Waals surface area contributed by atoms with E-state index < -0.39 is 16.9 Å². The predicted octanol–water partition coefficient (Wildman–Crippen LogP) is 2.11. The zero-order valence-electron chi connectivity index (χ0n) is 12.7. The van der Waals surface area contributed by atoms with Gasteiger partial charge in [0.15, 0.2) is 22.3 Å². The molecule has 26 heavy (non-hydrogen) atoms. The summed E-state index contributed by atoms with van der Waals surface area (Å²) < 4.78 is 16.7. The summed E-state index contributed by atoms with van der Waals surface area (Å²) in [6, 6.07) is 3.64. The van der Waals surface area contributed by atoms with Crippen molar-refractivity contribution >= 4 is 40.2 Å². The second-order valence-electron chi connectivity index (χ2n) is 5.02. The molecule has 4 heterocycles. The summed E-state index contributed by atoms with van der Waals surface area (Å²) in [5.74, 6) is -0.179. The van der Waals surface area contributed by atoms with Crippen LogP contribution in [0.1, 0.15) is 4.88 Å². The van der Waals surface area contributed by atoms with Gasteiger partial charge in [-0.3, -0.25) is 9.59 Å². The Morgan fingerprint density at radius 3 is 2.85 bits per heavy atom. The summed E-state index contributed by atoms with van der Waals surface area (Å²) in [7, 11) is 0. The Kier molecular flexibility index (Phi) is 4.34. The van der Waals surface area contributed by atoms with Gasteiger partial charge in [-0.15, -0.1) is 21.1 Å². The van der Waals surface area contributed by atoms with Crippen LogP contribution in [-0.2, 0) is 5.75 Å². The Balaban J connectivity index is 1.86. The topological polar surface area (TPSA) is 97.9 Å². The number of halogens is 2. The number of fused-ring (bicyclic) bond motifs is 1. The lowest BCUT2D eigenvalue weighted by atomic mass is 10.5. The summed E-state index contributed by atoms with van der Waals surface area (Å²) >= 11 is 8.57. The zero-order valence-corrected chi connectivity index (χ0v) is 15.1. The monoisotopic (exact) mass is 410 g/mol. The van der Waals surface area contributed by atoms with Gasteiger partial charge in [-0.05, 0) is 12.1 Å². The minimum Gasteiger partial charge on any atom is -0.324 e. The van der Waals surface area contributed by atoms with Crippen LogP contribution in [0, 0.1) is 5.82 Å². The maximum Gasteiger partial charge on any atom is 0.289 e. The lowest BCUT2D eigenvalue weighted by Gasteiger charge is -2.10. The molecule has 0 atom stereocenters. The number of aromatic nitrogens is 6. The van der Waals surface area contributed by atoms with Gasteiger partial charge in [0.05, 0.1) is 16.7 Å². The van der Waals surface area contributed by atoms with Gasteiger partial charge in [0.2, 0.25) is 0 Å². The first-order valence-corrected chi connectivity index (χ1v) is 9.29. The third-order valence-corrected chi connectivity index (χ3v) is 5.73. The fraction of sp³-hybridized carbons (Fsp3) is 0.0714. The third kappa shape index (κ3) is 3.04. The Morgan fingerprint density at radius 2 is 2.15 bits per heavy atom. The molecule has 0 saturated carbocycles. The Labute approximate surface area is 157 Å². The molecule has 0 aliphatic carbocycles. The Bertz CT molecular complexity index is 1210. The quantitative estimate of drug-likeness (QED) is 0.517. The smallest absolute Gasteiger partial charge is 0.289 e. The molecule has 4 rings (SSSR count). The van der Waals surface area contributed by atoms with Gasteiger partial charge in [0.1, 0.15) is 0 Å². The van der Waals surface area contributed by atoms with Gasteiger partial charge in [0, 0.05) is 16.8 Å². The first kappa shape index (κ1) is 16.9. The molecule has 0 fully saturated rings. The van der Waals surface area contributed by atoms with Gasteiger partial charge in [-0.25, -0.2) is 13.9 Å². The molecule has 0 aliphatic heterocycles. The van der Waals surface area contributed by atoms with E-state index >= 15 is 0 Å². The summed E-state index contributed by atoms with van der Waals surface area (Å²) in [5.41, 5.74) is -1.41. The van der Waals surface area contributed by atoms with Crippen molar-refractivity contribution in [2.24, 2.45) is 0 Å². The molecule has 0 bridgehead atoms. The van der Waals surface area contributed by atoms with E-state index in [2.05, 4.69) is 20.2 Å². The molecular formula is C14H8ClFN6O2S2. The fourth-order valence-electron chi connectivity index (χ4n) is 2.22. The number of thiophene rings is 1. The maximum absolute atomic E-state index is 13.9. The molecule has 0 unspecified atom stereocenters. The lowest BCUT2D eigenvalue weighted by Crippen LogP contribution is -2.26. The van der Waals surface area contributed by atoms with Crippen LogP contribution < -0.4 is 11.1 Å². The SMILES string of the molecule is O=c1cnc(-n2c(SCc3ccc(Cl)s3)nn3ncc(F)c3c2=O)c[nH]1. The number of aromatic amines is 1. The molecule has 0 aliphatic rings. The summed E-state index contributed by atoms with van der Waals surface area (Å²) in [6.45, 7) is 0. The largest absolute Gasteiger partial charge is 0.324 e. The highest BCUT2D eigenvalue weighted by atomic mass is 35.5. The third-order valence-electron chi connectivity index (χ3n) is 3.34. The van der Waals surface area contributed by atoms with E-state index in [0.717, 1.165) is 26.5 Å². The van der Waals surface area contributed by atoms with Gasteiger partial charge >= 0.3 is 0 Å². The minimum absolute atomic E-state index is 0.122. The fourth-order valence-corrected chi connectivity index (χ4v) is 4.32. The van der Waals surface area contributed by atoms with Crippen molar-refractivity contribution in [1.29, 1.82) is 0 Å². The van der Waals surface area contributed by atoms with E-state index in [0.29, 0.717) is 10.1 Å². The Hall–Kier alpha value is -2.50. The van der Waals surface area contributed by atoms with Crippen molar-refractivity contribution < 1.29 is 4.39 Å². The van der Waals surface area contributed by atoms with E-state index in [-0.39, 0.29) is 16.5 Å². The highest BCUT2D eigenvalue weighted by Crippen LogP contribution is 2.28. The first-order chi connectivity index (χ1) is 12.5.